The number of anilines is 1. The quantitative estimate of drug-likeness (QED) is 0.880. The molecule has 0 bridgehead atoms. The van der Waals surface area contributed by atoms with Gasteiger partial charge < -0.3 is 16.0 Å². The second-order valence-corrected chi connectivity index (χ2v) is 8.00. The van der Waals surface area contributed by atoms with Crippen molar-refractivity contribution < 1.29 is 9.59 Å². The van der Waals surface area contributed by atoms with Gasteiger partial charge in [0.1, 0.15) is 0 Å². The van der Waals surface area contributed by atoms with Gasteiger partial charge in [-0.2, -0.15) is 0 Å². The van der Waals surface area contributed by atoms with Crippen molar-refractivity contribution in [3.05, 3.63) is 29.8 Å². The van der Waals surface area contributed by atoms with E-state index in [1.165, 1.54) is 0 Å². The molecule has 0 unspecified atom stereocenters. The standard InChI is InChI=1S/C19H28N4O2/c1-19(2)8-10-23(13-19)18(25)21-15-6-3-5-14(11-15)12-22-9-4-7-16(22)17(20)24/h3,5-6,11,16H,4,7-10,12-13H2,1-2H3,(H2,20,24)(H,21,25)/t16-/m0/s1. The Morgan fingerprint density at radius 1 is 1.32 bits per heavy atom. The molecule has 25 heavy (non-hydrogen) atoms. The van der Waals surface area contributed by atoms with Gasteiger partial charge in [0.05, 0.1) is 6.04 Å². The highest BCUT2D eigenvalue weighted by molar-refractivity contribution is 5.89. The average Bonchev–Trinajstić information content (AvgIpc) is 3.14. The first-order valence-corrected chi connectivity index (χ1v) is 9.02. The minimum atomic E-state index is -0.251. The number of hydrogen-bond acceptors (Lipinski definition) is 3. The molecule has 2 aliphatic heterocycles. The SMILES string of the molecule is CC1(C)CCN(C(=O)Nc2cccc(CN3CCC[C@H]3C(N)=O)c2)C1. The normalized spacial score (nSPS) is 23.0. The largest absolute Gasteiger partial charge is 0.368 e. The summed E-state index contributed by atoms with van der Waals surface area (Å²) in [7, 11) is 0. The molecule has 1 aromatic carbocycles. The zero-order valence-electron chi connectivity index (χ0n) is 15.1. The summed E-state index contributed by atoms with van der Waals surface area (Å²) in [6, 6.07) is 7.62. The highest BCUT2D eigenvalue weighted by Crippen LogP contribution is 2.29. The lowest BCUT2D eigenvalue weighted by atomic mass is 9.93. The van der Waals surface area contributed by atoms with Crippen molar-refractivity contribution in [2.24, 2.45) is 11.1 Å². The number of benzene rings is 1. The number of hydrogen-bond donors (Lipinski definition) is 2. The number of amides is 3. The summed E-state index contributed by atoms with van der Waals surface area (Å²) in [5, 5.41) is 3.00. The Kier molecular flexibility index (Phi) is 4.99. The Balaban J connectivity index is 1.62. The lowest BCUT2D eigenvalue weighted by molar-refractivity contribution is -0.122. The molecular weight excluding hydrogens is 316 g/mol. The van der Waals surface area contributed by atoms with Gasteiger partial charge in [0.15, 0.2) is 0 Å². The number of likely N-dealkylation sites (tertiary alicyclic amines) is 2. The molecule has 1 atom stereocenters. The van der Waals surface area contributed by atoms with Crippen molar-refractivity contribution in [1.29, 1.82) is 0 Å². The fourth-order valence-electron chi connectivity index (χ4n) is 3.81. The number of nitrogens with one attached hydrogen (secondary N) is 1. The maximum Gasteiger partial charge on any atom is 0.321 e. The summed E-state index contributed by atoms with van der Waals surface area (Å²) >= 11 is 0. The van der Waals surface area contributed by atoms with E-state index in [0.29, 0.717) is 6.54 Å². The van der Waals surface area contributed by atoms with Crippen LogP contribution in [0, 0.1) is 5.41 Å². The molecule has 2 heterocycles. The monoisotopic (exact) mass is 344 g/mol. The second-order valence-electron chi connectivity index (χ2n) is 8.00. The topological polar surface area (TPSA) is 78.7 Å². The molecule has 2 saturated heterocycles. The van der Waals surface area contributed by atoms with Crippen LogP contribution in [-0.4, -0.2) is 47.4 Å². The molecule has 2 aliphatic rings. The van der Waals surface area contributed by atoms with E-state index < -0.39 is 0 Å². The zero-order valence-corrected chi connectivity index (χ0v) is 15.1. The maximum atomic E-state index is 12.4. The molecule has 3 amide bonds. The number of nitrogens with zero attached hydrogens (tertiary/aromatic N) is 2. The van der Waals surface area contributed by atoms with E-state index in [9.17, 15) is 9.59 Å². The van der Waals surface area contributed by atoms with Gasteiger partial charge in [-0.05, 0) is 48.9 Å². The molecule has 0 radical (unpaired) electrons. The highest BCUT2D eigenvalue weighted by Gasteiger charge is 2.32. The van der Waals surface area contributed by atoms with Crippen molar-refractivity contribution >= 4 is 17.6 Å². The van der Waals surface area contributed by atoms with Crippen LogP contribution in [0.5, 0.6) is 0 Å². The lowest BCUT2D eigenvalue weighted by Gasteiger charge is -2.22. The molecule has 3 N–H and O–H groups in total. The summed E-state index contributed by atoms with van der Waals surface area (Å²) in [6.45, 7) is 7.51. The molecule has 1 aromatic rings. The maximum absolute atomic E-state index is 12.4. The molecule has 0 aliphatic carbocycles. The first kappa shape index (κ1) is 17.7. The second kappa shape index (κ2) is 7.04. The summed E-state index contributed by atoms with van der Waals surface area (Å²) in [5.74, 6) is -0.251. The van der Waals surface area contributed by atoms with Gasteiger partial charge in [0, 0.05) is 25.3 Å². The van der Waals surface area contributed by atoms with Gasteiger partial charge in [0.2, 0.25) is 5.91 Å². The third-order valence-electron chi connectivity index (χ3n) is 5.22. The number of nitrogens with two attached hydrogens (primary N) is 1. The minimum Gasteiger partial charge on any atom is -0.368 e. The average molecular weight is 344 g/mol. The zero-order chi connectivity index (χ0) is 18.0. The molecule has 6 nitrogen and oxygen atoms in total. The number of primary amides is 1. The molecule has 0 saturated carbocycles. The van der Waals surface area contributed by atoms with Crippen LogP contribution >= 0.6 is 0 Å². The van der Waals surface area contributed by atoms with Crippen LogP contribution in [0.3, 0.4) is 0 Å². The van der Waals surface area contributed by atoms with Crippen molar-refractivity contribution in [2.45, 2.75) is 45.7 Å². The Morgan fingerprint density at radius 2 is 2.12 bits per heavy atom. The first-order chi connectivity index (χ1) is 11.8. The smallest absolute Gasteiger partial charge is 0.321 e. The Labute approximate surface area is 149 Å². The summed E-state index contributed by atoms with van der Waals surface area (Å²) in [4.78, 5) is 28.0. The van der Waals surface area contributed by atoms with E-state index in [2.05, 4.69) is 24.1 Å². The van der Waals surface area contributed by atoms with Gasteiger partial charge in [-0.3, -0.25) is 9.69 Å². The van der Waals surface area contributed by atoms with E-state index in [-0.39, 0.29) is 23.4 Å². The van der Waals surface area contributed by atoms with E-state index in [1.54, 1.807) is 0 Å². The fraction of sp³-hybridized carbons (Fsp3) is 0.579. The lowest BCUT2D eigenvalue weighted by Crippen LogP contribution is -2.39. The molecule has 136 valence electrons. The van der Waals surface area contributed by atoms with Crippen LogP contribution in [0.1, 0.15) is 38.7 Å². The van der Waals surface area contributed by atoms with Gasteiger partial charge in [-0.15, -0.1) is 0 Å². The summed E-state index contributed by atoms with van der Waals surface area (Å²) in [5.41, 5.74) is 7.55. The third kappa shape index (κ3) is 4.31. The van der Waals surface area contributed by atoms with Crippen molar-refractivity contribution in [3.63, 3.8) is 0 Å². The van der Waals surface area contributed by atoms with E-state index in [4.69, 9.17) is 5.73 Å². The minimum absolute atomic E-state index is 0.0427. The van der Waals surface area contributed by atoms with Crippen LogP contribution in [0.15, 0.2) is 24.3 Å². The number of carbonyl (C=O) groups is 2. The third-order valence-corrected chi connectivity index (χ3v) is 5.22. The molecular formula is C19H28N4O2. The van der Waals surface area contributed by atoms with Gasteiger partial charge in [0.25, 0.3) is 0 Å². The van der Waals surface area contributed by atoms with Crippen LogP contribution in [-0.2, 0) is 11.3 Å². The number of carbonyl (C=O) groups excluding carboxylic acids is 2. The van der Waals surface area contributed by atoms with Crippen LogP contribution in [0.4, 0.5) is 10.5 Å². The first-order valence-electron chi connectivity index (χ1n) is 9.02. The van der Waals surface area contributed by atoms with Crippen LogP contribution in [0.25, 0.3) is 0 Å². The van der Waals surface area contributed by atoms with Gasteiger partial charge >= 0.3 is 6.03 Å². The molecule has 6 heteroatoms. The number of rotatable bonds is 4. The highest BCUT2D eigenvalue weighted by atomic mass is 16.2. The summed E-state index contributed by atoms with van der Waals surface area (Å²) in [6.07, 6.45) is 2.86. The van der Waals surface area contributed by atoms with E-state index in [0.717, 1.165) is 50.1 Å². The van der Waals surface area contributed by atoms with Crippen molar-refractivity contribution in [3.8, 4) is 0 Å². The predicted octanol–water partition coefficient (Wildman–Crippen LogP) is 2.40. The van der Waals surface area contributed by atoms with Gasteiger partial charge in [-0.1, -0.05) is 26.0 Å². The van der Waals surface area contributed by atoms with Crippen LogP contribution < -0.4 is 11.1 Å². The molecule has 2 fully saturated rings. The Morgan fingerprint density at radius 3 is 2.80 bits per heavy atom. The van der Waals surface area contributed by atoms with Crippen molar-refractivity contribution in [2.75, 3.05) is 25.0 Å². The Hall–Kier alpha value is -2.08. The molecule has 3 rings (SSSR count). The number of urea groups is 1. The van der Waals surface area contributed by atoms with Crippen molar-refractivity contribution in [1.82, 2.24) is 9.80 Å². The van der Waals surface area contributed by atoms with E-state index >= 15 is 0 Å². The summed E-state index contributed by atoms with van der Waals surface area (Å²) < 4.78 is 0. The molecule has 0 aromatic heterocycles. The van der Waals surface area contributed by atoms with E-state index in [1.807, 2.05) is 29.2 Å². The molecule has 0 spiro atoms. The Bertz CT molecular complexity index is 659. The van der Waals surface area contributed by atoms with Gasteiger partial charge in [-0.25, -0.2) is 4.79 Å². The predicted molar refractivity (Wildman–Crippen MR) is 98.1 cm³/mol. The van der Waals surface area contributed by atoms with Crippen LogP contribution in [0.2, 0.25) is 0 Å². The fourth-order valence-corrected chi connectivity index (χ4v) is 3.81.